The van der Waals surface area contributed by atoms with E-state index in [-0.39, 0.29) is 12.5 Å². The summed E-state index contributed by atoms with van der Waals surface area (Å²) in [5, 5.41) is 3.14. The highest BCUT2D eigenvalue weighted by Gasteiger charge is 2.12. The molecule has 0 saturated heterocycles. The maximum absolute atomic E-state index is 12.3. The fraction of sp³-hybridized carbons (Fsp3) is 0.312. The van der Waals surface area contributed by atoms with Gasteiger partial charge in [0.05, 0.1) is 20.8 Å². The lowest BCUT2D eigenvalue weighted by atomic mass is 10.2. The number of rotatable bonds is 6. The Morgan fingerprint density at radius 2 is 1.79 bits per heavy atom. The largest absolute Gasteiger partial charge is 0.497 e. The molecular formula is C16H19ClN4O3. The van der Waals surface area contributed by atoms with Crippen LogP contribution in [0.25, 0.3) is 0 Å². The van der Waals surface area contributed by atoms with Gasteiger partial charge in [-0.2, -0.15) is 0 Å². The first kappa shape index (κ1) is 17.8. The number of methoxy groups -OCH3 is 2. The molecule has 0 atom stereocenters. The van der Waals surface area contributed by atoms with Gasteiger partial charge in [-0.15, -0.1) is 0 Å². The highest BCUT2D eigenvalue weighted by molar-refractivity contribution is 6.29. The molecule has 1 aromatic carbocycles. The van der Waals surface area contributed by atoms with Crippen LogP contribution < -0.4 is 19.7 Å². The van der Waals surface area contributed by atoms with E-state index in [1.807, 2.05) is 0 Å². The van der Waals surface area contributed by atoms with E-state index in [2.05, 4.69) is 15.3 Å². The van der Waals surface area contributed by atoms with Gasteiger partial charge in [0, 0.05) is 37.0 Å². The molecule has 0 aliphatic rings. The topological polar surface area (TPSA) is 76.6 Å². The highest BCUT2D eigenvalue weighted by atomic mass is 35.5. The smallest absolute Gasteiger partial charge is 0.243 e. The minimum atomic E-state index is -0.208. The van der Waals surface area contributed by atoms with Gasteiger partial charge in [0.1, 0.15) is 28.3 Å². The summed E-state index contributed by atoms with van der Waals surface area (Å²) in [5.74, 6) is 2.10. The number of hydrogen-bond donors (Lipinski definition) is 1. The fourth-order valence-corrected chi connectivity index (χ4v) is 2.31. The van der Waals surface area contributed by atoms with Gasteiger partial charge in [0.15, 0.2) is 0 Å². The summed E-state index contributed by atoms with van der Waals surface area (Å²) >= 11 is 5.92. The van der Waals surface area contributed by atoms with Crippen molar-refractivity contribution >= 4 is 29.0 Å². The van der Waals surface area contributed by atoms with Crippen molar-refractivity contribution in [2.24, 2.45) is 0 Å². The van der Waals surface area contributed by atoms with Gasteiger partial charge in [-0.3, -0.25) is 4.79 Å². The van der Waals surface area contributed by atoms with E-state index in [4.69, 9.17) is 21.1 Å². The number of ether oxygens (including phenoxy) is 2. The number of carbonyl (C=O) groups excluding carboxylic acids is 1. The number of nitrogens with zero attached hydrogens (tertiary/aromatic N) is 3. The highest BCUT2D eigenvalue weighted by Crippen LogP contribution is 2.25. The number of aromatic nitrogens is 2. The van der Waals surface area contributed by atoms with Crippen LogP contribution in [0.5, 0.6) is 11.5 Å². The number of likely N-dealkylation sites (N-methyl/N-ethyl adjacent to an activating group) is 1. The van der Waals surface area contributed by atoms with Crippen LogP contribution in [-0.2, 0) is 4.79 Å². The molecule has 0 bridgehead atoms. The lowest BCUT2D eigenvalue weighted by Crippen LogP contribution is -2.30. The lowest BCUT2D eigenvalue weighted by molar-refractivity contribution is -0.114. The van der Waals surface area contributed by atoms with Crippen LogP contribution in [0.3, 0.4) is 0 Å². The zero-order valence-corrected chi connectivity index (χ0v) is 14.7. The lowest BCUT2D eigenvalue weighted by Gasteiger charge is -2.18. The van der Waals surface area contributed by atoms with Crippen LogP contribution in [0.15, 0.2) is 24.3 Å². The predicted octanol–water partition coefficient (Wildman–Crippen LogP) is 2.53. The van der Waals surface area contributed by atoms with Crippen molar-refractivity contribution in [3.8, 4) is 11.5 Å². The Morgan fingerprint density at radius 1 is 1.17 bits per heavy atom. The zero-order chi connectivity index (χ0) is 17.7. The Hall–Kier alpha value is -2.54. The second-order valence-electron chi connectivity index (χ2n) is 5.10. The van der Waals surface area contributed by atoms with Crippen LogP contribution in [0, 0.1) is 6.92 Å². The third kappa shape index (κ3) is 4.73. The predicted molar refractivity (Wildman–Crippen MR) is 93.2 cm³/mol. The number of aryl methyl sites for hydroxylation is 1. The first-order valence-corrected chi connectivity index (χ1v) is 7.54. The van der Waals surface area contributed by atoms with E-state index in [0.29, 0.717) is 34.0 Å². The Kier molecular flexibility index (Phi) is 5.81. The van der Waals surface area contributed by atoms with Crippen LogP contribution in [0.4, 0.5) is 11.5 Å². The van der Waals surface area contributed by atoms with Crippen molar-refractivity contribution in [3.63, 3.8) is 0 Å². The molecule has 2 rings (SSSR count). The average Bonchev–Trinajstić information content (AvgIpc) is 2.53. The molecular weight excluding hydrogens is 332 g/mol. The van der Waals surface area contributed by atoms with Crippen molar-refractivity contribution in [3.05, 3.63) is 35.2 Å². The van der Waals surface area contributed by atoms with E-state index in [9.17, 15) is 4.79 Å². The van der Waals surface area contributed by atoms with Gasteiger partial charge in [-0.1, -0.05) is 11.6 Å². The van der Waals surface area contributed by atoms with Crippen LogP contribution in [-0.4, -0.2) is 43.7 Å². The third-order valence-electron chi connectivity index (χ3n) is 3.20. The second kappa shape index (κ2) is 7.83. The molecule has 0 aliphatic heterocycles. The minimum absolute atomic E-state index is 0.103. The molecule has 1 heterocycles. The standard InChI is InChI=1S/C16H19ClN4O3/c1-10-18-14(17)8-15(19-10)21(2)9-16(22)20-11-5-12(23-3)7-13(6-11)24-4/h5-8H,9H2,1-4H3,(H,20,22). The Bertz CT molecular complexity index is 697. The number of benzene rings is 1. The van der Waals surface area contributed by atoms with Crippen molar-refractivity contribution in [1.29, 1.82) is 0 Å². The van der Waals surface area contributed by atoms with Crippen molar-refractivity contribution in [1.82, 2.24) is 9.97 Å². The second-order valence-corrected chi connectivity index (χ2v) is 5.49. The summed E-state index contributed by atoms with van der Waals surface area (Å²) in [6, 6.07) is 6.77. The summed E-state index contributed by atoms with van der Waals surface area (Å²) in [7, 11) is 4.86. The van der Waals surface area contributed by atoms with E-state index in [0.717, 1.165) is 0 Å². The van der Waals surface area contributed by atoms with Gasteiger partial charge in [0.25, 0.3) is 0 Å². The summed E-state index contributed by atoms with van der Waals surface area (Å²) in [6.07, 6.45) is 0. The van der Waals surface area contributed by atoms with E-state index in [1.165, 1.54) is 0 Å². The number of halogens is 1. The maximum atomic E-state index is 12.3. The number of nitrogens with one attached hydrogen (secondary N) is 1. The SMILES string of the molecule is COc1cc(NC(=O)CN(C)c2cc(Cl)nc(C)n2)cc(OC)c1. The normalized spacial score (nSPS) is 10.2. The third-order valence-corrected chi connectivity index (χ3v) is 3.39. The number of carbonyl (C=O) groups is 1. The first-order valence-electron chi connectivity index (χ1n) is 7.16. The molecule has 1 aromatic heterocycles. The fourth-order valence-electron chi connectivity index (χ4n) is 2.09. The number of hydrogen-bond acceptors (Lipinski definition) is 6. The molecule has 8 heteroatoms. The molecule has 1 N–H and O–H groups in total. The summed E-state index contributed by atoms with van der Waals surface area (Å²) in [5.41, 5.74) is 0.585. The molecule has 0 fully saturated rings. The Balaban J connectivity index is 2.07. The molecule has 1 amide bonds. The van der Waals surface area contributed by atoms with Crippen LogP contribution in [0.2, 0.25) is 5.15 Å². The number of anilines is 2. The van der Waals surface area contributed by atoms with Crippen molar-refractivity contribution in [2.75, 3.05) is 38.0 Å². The molecule has 24 heavy (non-hydrogen) atoms. The minimum Gasteiger partial charge on any atom is -0.497 e. The van der Waals surface area contributed by atoms with E-state index >= 15 is 0 Å². The summed E-state index contributed by atoms with van der Waals surface area (Å²) in [6.45, 7) is 1.85. The van der Waals surface area contributed by atoms with Gasteiger partial charge >= 0.3 is 0 Å². The molecule has 2 aromatic rings. The van der Waals surface area contributed by atoms with E-state index in [1.54, 1.807) is 57.4 Å². The first-order chi connectivity index (χ1) is 11.4. The quantitative estimate of drug-likeness (QED) is 0.807. The molecule has 0 saturated carbocycles. The number of amides is 1. The molecule has 7 nitrogen and oxygen atoms in total. The molecule has 0 aliphatic carbocycles. The Morgan fingerprint density at radius 3 is 2.33 bits per heavy atom. The van der Waals surface area contributed by atoms with Gasteiger partial charge in [-0.05, 0) is 6.92 Å². The molecule has 128 valence electrons. The average molecular weight is 351 g/mol. The summed E-state index contributed by atoms with van der Waals surface area (Å²) < 4.78 is 10.4. The van der Waals surface area contributed by atoms with Gasteiger partial charge in [0.2, 0.25) is 5.91 Å². The Labute approximate surface area is 145 Å². The summed E-state index contributed by atoms with van der Waals surface area (Å²) in [4.78, 5) is 22.2. The van der Waals surface area contributed by atoms with Crippen LogP contribution in [0.1, 0.15) is 5.82 Å². The van der Waals surface area contributed by atoms with Crippen LogP contribution >= 0.6 is 11.6 Å². The van der Waals surface area contributed by atoms with Crippen molar-refractivity contribution in [2.45, 2.75) is 6.92 Å². The monoisotopic (exact) mass is 350 g/mol. The van der Waals surface area contributed by atoms with Gasteiger partial charge < -0.3 is 19.7 Å². The maximum Gasteiger partial charge on any atom is 0.243 e. The van der Waals surface area contributed by atoms with E-state index < -0.39 is 0 Å². The van der Waals surface area contributed by atoms with Gasteiger partial charge in [-0.25, -0.2) is 9.97 Å². The molecule has 0 unspecified atom stereocenters. The molecule has 0 spiro atoms. The zero-order valence-electron chi connectivity index (χ0n) is 14.0. The van der Waals surface area contributed by atoms with Crippen molar-refractivity contribution < 1.29 is 14.3 Å². The molecule has 0 radical (unpaired) electrons.